The van der Waals surface area contributed by atoms with Gasteiger partial charge < -0.3 is 4.74 Å². The molecule has 14 heavy (non-hydrogen) atoms. The van der Waals surface area contributed by atoms with Crippen LogP contribution in [-0.4, -0.2) is 24.3 Å². The fraction of sp³-hybridized carbons (Fsp3) is 0.909. The molecule has 0 amide bonds. The third-order valence-corrected chi connectivity index (χ3v) is 2.35. The first-order valence-electron chi connectivity index (χ1n) is 5.32. The van der Waals surface area contributed by atoms with Crippen LogP contribution in [0.5, 0.6) is 0 Å². The Morgan fingerprint density at radius 1 is 1.29 bits per heavy atom. The lowest BCUT2D eigenvalue weighted by molar-refractivity contribution is -0.119. The number of hydrogen-bond acceptors (Lipinski definition) is 2. The third kappa shape index (κ3) is 10.2. The first kappa shape index (κ1) is 14.1. The summed E-state index contributed by atoms with van der Waals surface area (Å²) in [4.78, 5) is 11.2. The SMILES string of the molecule is CC(C)COCCCC(=O)CCCBr. The smallest absolute Gasteiger partial charge is 0.133 e. The van der Waals surface area contributed by atoms with Crippen LogP contribution >= 0.6 is 15.9 Å². The average molecular weight is 265 g/mol. The van der Waals surface area contributed by atoms with Gasteiger partial charge in [-0.1, -0.05) is 29.8 Å². The van der Waals surface area contributed by atoms with E-state index in [4.69, 9.17) is 4.74 Å². The molecule has 0 fully saturated rings. The quantitative estimate of drug-likeness (QED) is 0.472. The van der Waals surface area contributed by atoms with Crippen molar-refractivity contribution in [1.29, 1.82) is 0 Å². The molecular weight excluding hydrogens is 244 g/mol. The molecule has 3 heteroatoms. The van der Waals surface area contributed by atoms with Crippen LogP contribution in [0.15, 0.2) is 0 Å². The summed E-state index contributed by atoms with van der Waals surface area (Å²) in [5.74, 6) is 0.941. The maximum absolute atomic E-state index is 11.2. The summed E-state index contributed by atoms with van der Waals surface area (Å²) in [6, 6.07) is 0. The second kappa shape index (κ2) is 9.66. The van der Waals surface area contributed by atoms with E-state index in [2.05, 4.69) is 29.8 Å². The number of hydrogen-bond donors (Lipinski definition) is 0. The van der Waals surface area contributed by atoms with Gasteiger partial charge in [0.25, 0.3) is 0 Å². The first-order chi connectivity index (χ1) is 6.66. The van der Waals surface area contributed by atoms with Crippen molar-refractivity contribution < 1.29 is 9.53 Å². The topological polar surface area (TPSA) is 26.3 Å². The number of carbonyl (C=O) groups is 1. The van der Waals surface area contributed by atoms with Gasteiger partial charge in [-0.05, 0) is 18.8 Å². The maximum Gasteiger partial charge on any atom is 0.133 e. The van der Waals surface area contributed by atoms with Gasteiger partial charge in [0.2, 0.25) is 0 Å². The van der Waals surface area contributed by atoms with Gasteiger partial charge in [-0.2, -0.15) is 0 Å². The zero-order valence-corrected chi connectivity index (χ0v) is 10.8. The fourth-order valence-electron chi connectivity index (χ4n) is 1.08. The molecule has 0 aliphatic heterocycles. The lowest BCUT2D eigenvalue weighted by atomic mass is 10.1. The highest BCUT2D eigenvalue weighted by atomic mass is 79.9. The molecule has 0 aromatic carbocycles. The Labute approximate surface area is 95.5 Å². The Bertz CT molecular complexity index is 146. The summed E-state index contributed by atoms with van der Waals surface area (Å²) in [6.45, 7) is 5.77. The van der Waals surface area contributed by atoms with Crippen LogP contribution < -0.4 is 0 Å². The fourth-order valence-corrected chi connectivity index (χ4v) is 1.36. The van der Waals surface area contributed by atoms with Gasteiger partial charge in [0.15, 0.2) is 0 Å². The van der Waals surface area contributed by atoms with Crippen molar-refractivity contribution in [3.05, 3.63) is 0 Å². The lowest BCUT2D eigenvalue weighted by Gasteiger charge is -2.05. The van der Waals surface area contributed by atoms with E-state index in [1.165, 1.54) is 0 Å². The van der Waals surface area contributed by atoms with Gasteiger partial charge in [0, 0.05) is 31.4 Å². The molecule has 2 nitrogen and oxygen atoms in total. The van der Waals surface area contributed by atoms with E-state index in [0.717, 1.165) is 31.4 Å². The maximum atomic E-state index is 11.2. The molecule has 0 bridgehead atoms. The molecule has 0 aliphatic rings. The minimum atomic E-state index is 0.359. The van der Waals surface area contributed by atoms with E-state index in [0.29, 0.717) is 24.5 Å². The molecule has 0 saturated carbocycles. The van der Waals surface area contributed by atoms with E-state index in [1.807, 2.05) is 0 Å². The molecule has 0 aromatic heterocycles. The van der Waals surface area contributed by atoms with Crippen molar-refractivity contribution >= 4 is 21.7 Å². The molecular formula is C11H21BrO2. The van der Waals surface area contributed by atoms with Gasteiger partial charge in [-0.3, -0.25) is 4.79 Å². The van der Waals surface area contributed by atoms with E-state index < -0.39 is 0 Å². The van der Waals surface area contributed by atoms with Gasteiger partial charge in [0.1, 0.15) is 5.78 Å². The van der Waals surface area contributed by atoms with Gasteiger partial charge >= 0.3 is 0 Å². The Kier molecular flexibility index (Phi) is 9.73. The zero-order valence-electron chi connectivity index (χ0n) is 9.22. The highest BCUT2D eigenvalue weighted by molar-refractivity contribution is 9.09. The normalized spacial score (nSPS) is 10.9. The molecule has 0 heterocycles. The summed E-state index contributed by atoms with van der Waals surface area (Å²) in [5, 5.41) is 0.919. The molecule has 0 spiro atoms. The van der Waals surface area contributed by atoms with Gasteiger partial charge in [-0.25, -0.2) is 0 Å². The Hall–Kier alpha value is 0.110. The predicted octanol–water partition coefficient (Wildman–Crippen LogP) is 3.18. The van der Waals surface area contributed by atoms with Gasteiger partial charge in [0.05, 0.1) is 0 Å². The van der Waals surface area contributed by atoms with Crippen LogP contribution in [0.3, 0.4) is 0 Å². The van der Waals surface area contributed by atoms with E-state index in [9.17, 15) is 4.79 Å². The van der Waals surface area contributed by atoms with E-state index in [-0.39, 0.29) is 0 Å². The summed E-state index contributed by atoms with van der Waals surface area (Å²) >= 11 is 3.31. The largest absolute Gasteiger partial charge is 0.381 e. The Balaban J connectivity index is 3.15. The van der Waals surface area contributed by atoms with Crippen molar-refractivity contribution in [1.82, 2.24) is 0 Å². The average Bonchev–Trinajstić information content (AvgIpc) is 2.13. The highest BCUT2D eigenvalue weighted by Gasteiger charge is 2.01. The second-order valence-electron chi connectivity index (χ2n) is 3.90. The molecule has 0 saturated heterocycles. The molecule has 0 rings (SSSR count). The number of ketones is 1. The first-order valence-corrected chi connectivity index (χ1v) is 6.44. The molecule has 0 aliphatic carbocycles. The van der Waals surface area contributed by atoms with E-state index in [1.54, 1.807) is 0 Å². The van der Waals surface area contributed by atoms with Crippen molar-refractivity contribution in [2.45, 2.75) is 39.5 Å². The number of carbonyl (C=O) groups excluding carboxylic acids is 1. The summed E-state index contributed by atoms with van der Waals surface area (Å²) in [5.41, 5.74) is 0. The highest BCUT2D eigenvalue weighted by Crippen LogP contribution is 2.02. The van der Waals surface area contributed by atoms with Crippen molar-refractivity contribution in [3.8, 4) is 0 Å². The molecule has 0 aromatic rings. The Morgan fingerprint density at radius 2 is 1.93 bits per heavy atom. The molecule has 0 radical (unpaired) electrons. The lowest BCUT2D eigenvalue weighted by Crippen LogP contribution is -2.05. The number of Topliss-reactive ketones (excluding diaryl/α,β-unsaturated/α-hetero) is 1. The van der Waals surface area contributed by atoms with Crippen LogP contribution in [0.4, 0.5) is 0 Å². The van der Waals surface area contributed by atoms with Crippen LogP contribution in [0.25, 0.3) is 0 Å². The number of alkyl halides is 1. The summed E-state index contributed by atoms with van der Waals surface area (Å²) in [6.07, 6.45) is 3.19. The summed E-state index contributed by atoms with van der Waals surface area (Å²) < 4.78 is 5.39. The van der Waals surface area contributed by atoms with Crippen LogP contribution in [0.1, 0.15) is 39.5 Å². The molecule has 0 atom stereocenters. The number of halogens is 1. The molecule has 0 unspecified atom stereocenters. The van der Waals surface area contributed by atoms with Crippen molar-refractivity contribution in [2.75, 3.05) is 18.5 Å². The van der Waals surface area contributed by atoms with Crippen LogP contribution in [-0.2, 0) is 9.53 Å². The monoisotopic (exact) mass is 264 g/mol. The standard InChI is InChI=1S/C11H21BrO2/c1-10(2)9-14-8-4-6-11(13)5-3-7-12/h10H,3-9H2,1-2H3. The minimum absolute atomic E-state index is 0.359. The Morgan fingerprint density at radius 3 is 2.50 bits per heavy atom. The molecule has 0 N–H and O–H groups in total. The van der Waals surface area contributed by atoms with Crippen LogP contribution in [0.2, 0.25) is 0 Å². The van der Waals surface area contributed by atoms with Gasteiger partial charge in [-0.15, -0.1) is 0 Å². The van der Waals surface area contributed by atoms with E-state index >= 15 is 0 Å². The predicted molar refractivity (Wildman–Crippen MR) is 62.9 cm³/mol. The third-order valence-electron chi connectivity index (χ3n) is 1.78. The number of ether oxygens (including phenoxy) is 1. The van der Waals surface area contributed by atoms with Crippen LogP contribution in [0, 0.1) is 5.92 Å². The second-order valence-corrected chi connectivity index (χ2v) is 4.70. The zero-order chi connectivity index (χ0) is 10.8. The minimum Gasteiger partial charge on any atom is -0.381 e. The molecule has 84 valence electrons. The summed E-state index contributed by atoms with van der Waals surface area (Å²) in [7, 11) is 0. The van der Waals surface area contributed by atoms with Crippen molar-refractivity contribution in [2.24, 2.45) is 5.92 Å². The number of rotatable bonds is 9. The van der Waals surface area contributed by atoms with Crippen molar-refractivity contribution in [3.63, 3.8) is 0 Å².